The average molecular weight is 498 g/mol. The van der Waals surface area contributed by atoms with E-state index < -0.39 is 27.7 Å². The van der Waals surface area contributed by atoms with Crippen molar-refractivity contribution >= 4 is 15.7 Å². The number of carbonyl (C=O) groups excluding carboxylic acids is 1. The first-order valence-corrected chi connectivity index (χ1v) is 13.4. The van der Waals surface area contributed by atoms with Crippen LogP contribution in [0.15, 0.2) is 53.7 Å². The number of hydrogen-bond donors (Lipinski definition) is 1. The summed E-state index contributed by atoms with van der Waals surface area (Å²) in [5.41, 5.74) is 1.59. The van der Waals surface area contributed by atoms with Crippen LogP contribution in [0.2, 0.25) is 0 Å². The molecular formula is C26H28FN3O4S. The van der Waals surface area contributed by atoms with Crippen molar-refractivity contribution in [2.75, 3.05) is 12.9 Å². The summed E-state index contributed by atoms with van der Waals surface area (Å²) in [6, 6.07) is 9.14. The van der Waals surface area contributed by atoms with Crippen molar-refractivity contribution in [2.24, 2.45) is 0 Å². The minimum atomic E-state index is -3.42. The lowest BCUT2D eigenvalue weighted by Gasteiger charge is -2.27. The molecular weight excluding hydrogens is 469 g/mol. The van der Waals surface area contributed by atoms with Crippen LogP contribution in [0.1, 0.15) is 55.3 Å². The minimum absolute atomic E-state index is 0.0317. The van der Waals surface area contributed by atoms with E-state index in [1.807, 2.05) is 13.8 Å². The Hall–Kier alpha value is -3.17. The zero-order valence-electron chi connectivity index (χ0n) is 19.9. The lowest BCUT2D eigenvalue weighted by atomic mass is 9.90. The Balaban J connectivity index is 2.00. The van der Waals surface area contributed by atoms with E-state index in [0.717, 1.165) is 19.1 Å². The third kappa shape index (κ3) is 5.41. The van der Waals surface area contributed by atoms with Gasteiger partial charge in [0, 0.05) is 53.6 Å². The zero-order valence-corrected chi connectivity index (χ0v) is 20.7. The highest BCUT2D eigenvalue weighted by molar-refractivity contribution is 7.90. The van der Waals surface area contributed by atoms with Gasteiger partial charge in [-0.15, -0.1) is 0 Å². The van der Waals surface area contributed by atoms with Crippen LogP contribution in [0.5, 0.6) is 0 Å². The van der Waals surface area contributed by atoms with Crippen LogP contribution >= 0.6 is 0 Å². The summed E-state index contributed by atoms with van der Waals surface area (Å²) < 4.78 is 46.1. The number of aromatic nitrogens is 2. The van der Waals surface area contributed by atoms with Crippen molar-refractivity contribution in [3.05, 3.63) is 65.9 Å². The number of benzene rings is 1. The molecule has 3 aromatic rings. The molecule has 0 saturated carbocycles. The number of hydrogen-bond acceptors (Lipinski definition) is 6. The van der Waals surface area contributed by atoms with Gasteiger partial charge in [-0.1, -0.05) is 18.2 Å². The normalized spacial score (nSPS) is 16.3. The first-order chi connectivity index (χ1) is 16.7. The monoisotopic (exact) mass is 497 g/mol. The second-order valence-corrected chi connectivity index (χ2v) is 10.9. The summed E-state index contributed by atoms with van der Waals surface area (Å²) in [6.45, 7) is 4.16. The number of sulfone groups is 1. The molecule has 1 N–H and O–H groups in total. The van der Waals surface area contributed by atoms with E-state index in [1.54, 1.807) is 24.5 Å². The van der Waals surface area contributed by atoms with E-state index in [4.69, 9.17) is 4.74 Å². The van der Waals surface area contributed by atoms with Gasteiger partial charge in [0.2, 0.25) is 0 Å². The topological polar surface area (TPSA) is 98.2 Å². The molecule has 0 radical (unpaired) electrons. The van der Waals surface area contributed by atoms with Gasteiger partial charge in [-0.25, -0.2) is 17.8 Å². The Morgan fingerprint density at radius 2 is 1.89 bits per heavy atom. The fourth-order valence-corrected chi connectivity index (χ4v) is 4.83. The van der Waals surface area contributed by atoms with Gasteiger partial charge in [-0.2, -0.15) is 0 Å². The van der Waals surface area contributed by atoms with E-state index >= 15 is 4.39 Å². The van der Waals surface area contributed by atoms with Gasteiger partial charge in [0.1, 0.15) is 11.4 Å². The molecule has 35 heavy (non-hydrogen) atoms. The number of rotatable bonds is 6. The smallest absolute Gasteiger partial charge is 0.270 e. The first-order valence-electron chi connectivity index (χ1n) is 11.5. The molecule has 1 aromatic carbocycles. The molecule has 7 nitrogen and oxygen atoms in total. The molecule has 1 fully saturated rings. The Labute approximate surface area is 204 Å². The minimum Gasteiger partial charge on any atom is -0.373 e. The van der Waals surface area contributed by atoms with Gasteiger partial charge in [0.15, 0.2) is 15.7 Å². The van der Waals surface area contributed by atoms with Gasteiger partial charge < -0.3 is 10.1 Å². The lowest BCUT2D eigenvalue weighted by molar-refractivity contribution is 0.0132. The molecule has 9 heteroatoms. The van der Waals surface area contributed by atoms with E-state index in [-0.39, 0.29) is 27.9 Å². The lowest BCUT2D eigenvalue weighted by Crippen LogP contribution is -2.32. The molecule has 0 aliphatic carbocycles. The largest absolute Gasteiger partial charge is 0.373 e. The van der Waals surface area contributed by atoms with Gasteiger partial charge in [-0.05, 0) is 51.3 Å². The Kier molecular flexibility index (Phi) is 7.28. The molecule has 184 valence electrons. The van der Waals surface area contributed by atoms with Crippen LogP contribution < -0.4 is 5.32 Å². The van der Waals surface area contributed by atoms with Gasteiger partial charge in [0.25, 0.3) is 5.91 Å². The summed E-state index contributed by atoms with van der Waals surface area (Å²) in [7, 11) is -3.42. The number of pyridine rings is 2. The van der Waals surface area contributed by atoms with Crippen molar-refractivity contribution in [2.45, 2.75) is 50.2 Å². The number of nitrogens with one attached hydrogen (secondary N) is 1. The Morgan fingerprint density at radius 3 is 2.46 bits per heavy atom. The van der Waals surface area contributed by atoms with Crippen LogP contribution in [0, 0.1) is 5.82 Å². The van der Waals surface area contributed by atoms with Gasteiger partial charge >= 0.3 is 0 Å². The predicted molar refractivity (Wildman–Crippen MR) is 131 cm³/mol. The number of amides is 1. The SMILES string of the molecule is CC(C)NC(=O)c1nc(-c2ccc(S(C)(=O)=O)cc2)c(F)c(C2CCCCO2)c1-c1cccnc1. The highest BCUT2D eigenvalue weighted by atomic mass is 32.2. The molecule has 0 bridgehead atoms. The summed E-state index contributed by atoms with van der Waals surface area (Å²) >= 11 is 0. The number of carbonyl (C=O) groups is 1. The second kappa shape index (κ2) is 10.2. The van der Waals surface area contributed by atoms with Crippen molar-refractivity contribution in [3.8, 4) is 22.4 Å². The second-order valence-electron chi connectivity index (χ2n) is 8.93. The van der Waals surface area contributed by atoms with Crippen LogP contribution in [0.4, 0.5) is 4.39 Å². The van der Waals surface area contributed by atoms with Crippen molar-refractivity contribution < 1.29 is 22.3 Å². The molecule has 1 aliphatic heterocycles. The molecule has 1 amide bonds. The highest BCUT2D eigenvalue weighted by Gasteiger charge is 2.31. The standard InChI is InChI=1S/C26H28FN3O4S/c1-16(2)29-26(31)25-21(18-7-6-13-28-15-18)22(20-8-4-5-14-34-20)23(27)24(30-25)17-9-11-19(12-10-17)35(3,32)33/h6-7,9-13,15-16,20H,4-5,8,14H2,1-3H3,(H,29,31). The van der Waals surface area contributed by atoms with Crippen LogP contribution in [-0.2, 0) is 14.6 Å². The fraction of sp³-hybridized carbons (Fsp3) is 0.346. The van der Waals surface area contributed by atoms with Crippen molar-refractivity contribution in [3.63, 3.8) is 0 Å². The maximum absolute atomic E-state index is 16.3. The van der Waals surface area contributed by atoms with Crippen LogP contribution in [0.25, 0.3) is 22.4 Å². The van der Waals surface area contributed by atoms with E-state index in [2.05, 4.69) is 15.3 Å². The molecule has 0 spiro atoms. The van der Waals surface area contributed by atoms with Gasteiger partial charge in [0.05, 0.1) is 11.0 Å². The molecule has 1 atom stereocenters. The fourth-order valence-electron chi connectivity index (χ4n) is 4.20. The Bertz CT molecular complexity index is 1320. The molecule has 1 unspecified atom stereocenters. The molecule has 4 rings (SSSR count). The Morgan fingerprint density at radius 1 is 1.14 bits per heavy atom. The summed E-state index contributed by atoms with van der Waals surface area (Å²) in [4.78, 5) is 22.1. The molecule has 1 saturated heterocycles. The third-order valence-corrected chi connectivity index (χ3v) is 6.95. The molecule has 1 aliphatic rings. The predicted octanol–water partition coefficient (Wildman–Crippen LogP) is 4.73. The number of halogens is 1. The number of ether oxygens (including phenoxy) is 1. The van der Waals surface area contributed by atoms with Crippen LogP contribution in [0.3, 0.4) is 0 Å². The summed E-state index contributed by atoms with van der Waals surface area (Å²) in [5.74, 6) is -1.03. The highest BCUT2D eigenvalue weighted by Crippen LogP contribution is 2.41. The molecule has 3 heterocycles. The zero-order chi connectivity index (χ0) is 25.2. The average Bonchev–Trinajstić information content (AvgIpc) is 2.84. The number of nitrogens with zero attached hydrogens (tertiary/aromatic N) is 2. The van der Waals surface area contributed by atoms with Gasteiger partial charge in [-0.3, -0.25) is 9.78 Å². The quantitative estimate of drug-likeness (QED) is 0.529. The van der Waals surface area contributed by atoms with Crippen molar-refractivity contribution in [1.82, 2.24) is 15.3 Å². The molecule has 2 aromatic heterocycles. The van der Waals surface area contributed by atoms with E-state index in [9.17, 15) is 13.2 Å². The maximum atomic E-state index is 16.3. The summed E-state index contributed by atoms with van der Waals surface area (Å²) in [6.07, 6.45) is 6.09. The van der Waals surface area contributed by atoms with Crippen molar-refractivity contribution in [1.29, 1.82) is 0 Å². The summed E-state index contributed by atoms with van der Waals surface area (Å²) in [5, 5.41) is 2.86. The van der Waals surface area contributed by atoms with E-state index in [0.29, 0.717) is 29.7 Å². The van der Waals surface area contributed by atoms with E-state index in [1.165, 1.54) is 24.3 Å². The third-order valence-electron chi connectivity index (χ3n) is 5.82. The maximum Gasteiger partial charge on any atom is 0.270 e. The van der Waals surface area contributed by atoms with Crippen LogP contribution in [-0.4, -0.2) is 43.2 Å². The first kappa shape index (κ1) is 24.9.